The smallest absolute Gasteiger partial charge is 0.216 e. The van der Waals surface area contributed by atoms with E-state index in [0.717, 1.165) is 5.56 Å². The van der Waals surface area contributed by atoms with E-state index in [1.165, 1.54) is 37.5 Å². The number of allylic oxidation sites excluding steroid dienone is 1. The first kappa shape index (κ1) is 22.7. The van der Waals surface area contributed by atoms with Gasteiger partial charge in [-0.15, -0.1) is 0 Å². The summed E-state index contributed by atoms with van der Waals surface area (Å²) in [6, 6.07) is 19.6. The summed E-state index contributed by atoms with van der Waals surface area (Å²) in [6.07, 6.45) is 1.28. The summed E-state index contributed by atoms with van der Waals surface area (Å²) in [5.41, 5.74) is 1.28. The van der Waals surface area contributed by atoms with E-state index in [9.17, 15) is 13.7 Å². The van der Waals surface area contributed by atoms with E-state index in [0.29, 0.717) is 27.1 Å². The largest absolute Gasteiger partial charge is 0.493 e. The second kappa shape index (κ2) is 9.88. The lowest BCUT2D eigenvalue weighted by Gasteiger charge is -2.12. The lowest BCUT2D eigenvalue weighted by molar-refractivity contribution is 0.284. The number of nitrogens with zero attached hydrogens (tertiary/aromatic N) is 1. The number of methoxy groups -OCH3 is 1. The highest BCUT2D eigenvalue weighted by Gasteiger charge is 2.21. The normalized spacial score (nSPS) is 11.6. The van der Waals surface area contributed by atoms with E-state index in [1.54, 1.807) is 30.3 Å². The molecule has 0 heterocycles. The lowest BCUT2D eigenvalue weighted by atomic mass is 10.2. The maximum atomic E-state index is 12.8. The molecule has 0 aromatic heterocycles. The average molecular weight is 474 g/mol. The van der Waals surface area contributed by atoms with Crippen LogP contribution in [0.3, 0.4) is 0 Å². The Kier molecular flexibility index (Phi) is 7.24. The van der Waals surface area contributed by atoms with Gasteiger partial charge in [-0.3, -0.25) is 0 Å². The number of rotatable bonds is 7. The molecule has 0 aliphatic heterocycles. The Morgan fingerprint density at radius 1 is 1.03 bits per heavy atom. The van der Waals surface area contributed by atoms with Gasteiger partial charge in [-0.05, 0) is 54.1 Å². The van der Waals surface area contributed by atoms with Crippen LogP contribution in [0.2, 0.25) is 10.0 Å². The molecule has 0 N–H and O–H groups in total. The topological polar surface area (TPSA) is 76.4 Å². The van der Waals surface area contributed by atoms with Crippen LogP contribution in [0.1, 0.15) is 11.1 Å². The highest BCUT2D eigenvalue weighted by Crippen LogP contribution is 2.31. The van der Waals surface area contributed by atoms with Gasteiger partial charge in [0.1, 0.15) is 17.6 Å². The Balaban J connectivity index is 1.88. The fourth-order valence-electron chi connectivity index (χ4n) is 2.73. The zero-order valence-electron chi connectivity index (χ0n) is 16.4. The molecular weight excluding hydrogens is 457 g/mol. The third-order valence-corrected chi connectivity index (χ3v) is 6.65. The fourth-order valence-corrected chi connectivity index (χ4v) is 4.20. The molecule has 0 amide bonds. The van der Waals surface area contributed by atoms with Gasteiger partial charge in [0.05, 0.1) is 12.0 Å². The number of hydrogen-bond acceptors (Lipinski definition) is 5. The van der Waals surface area contributed by atoms with Crippen molar-refractivity contribution in [2.45, 2.75) is 11.5 Å². The molecule has 0 saturated carbocycles. The molecule has 0 radical (unpaired) electrons. The number of benzene rings is 3. The lowest BCUT2D eigenvalue weighted by Crippen LogP contribution is -2.03. The van der Waals surface area contributed by atoms with Crippen LogP contribution in [0, 0.1) is 11.3 Å². The standard InChI is InChI=1S/C23H17Cl2NO4S/c1-29-23-13-16(6-11-22(23)30-15-17-4-2-3-5-21(17)25)12-20(14-26)31(27,28)19-9-7-18(24)8-10-19/h2-13H,15H2,1H3. The van der Waals surface area contributed by atoms with Gasteiger partial charge < -0.3 is 9.47 Å². The molecule has 0 aliphatic carbocycles. The van der Waals surface area contributed by atoms with E-state index in [2.05, 4.69) is 0 Å². The van der Waals surface area contributed by atoms with E-state index in [-0.39, 0.29) is 11.5 Å². The summed E-state index contributed by atoms with van der Waals surface area (Å²) < 4.78 is 36.8. The Morgan fingerprint density at radius 3 is 2.39 bits per heavy atom. The van der Waals surface area contributed by atoms with Crippen LogP contribution in [-0.2, 0) is 16.4 Å². The first-order valence-electron chi connectivity index (χ1n) is 9.02. The summed E-state index contributed by atoms with van der Waals surface area (Å²) in [6.45, 7) is 0.236. The Labute approximate surface area is 191 Å². The monoisotopic (exact) mass is 473 g/mol. The van der Waals surface area contributed by atoms with Crippen LogP contribution < -0.4 is 9.47 Å². The molecule has 0 bridgehead atoms. The third kappa shape index (κ3) is 5.39. The molecule has 8 heteroatoms. The van der Waals surface area contributed by atoms with Gasteiger partial charge in [0, 0.05) is 15.6 Å². The molecule has 0 spiro atoms. The second-order valence-electron chi connectivity index (χ2n) is 6.37. The van der Waals surface area contributed by atoms with Gasteiger partial charge in [0.2, 0.25) is 9.84 Å². The maximum Gasteiger partial charge on any atom is 0.216 e. The van der Waals surface area contributed by atoms with E-state index < -0.39 is 14.7 Å². The van der Waals surface area contributed by atoms with E-state index in [4.69, 9.17) is 32.7 Å². The number of halogens is 2. The molecule has 0 unspecified atom stereocenters. The van der Waals surface area contributed by atoms with Gasteiger partial charge in [-0.25, -0.2) is 8.42 Å². The van der Waals surface area contributed by atoms with Crippen molar-refractivity contribution >= 4 is 39.1 Å². The predicted octanol–water partition coefficient (Wildman–Crippen LogP) is 5.92. The number of nitriles is 1. The summed E-state index contributed by atoms with van der Waals surface area (Å²) in [4.78, 5) is -0.419. The van der Waals surface area contributed by atoms with Crippen molar-refractivity contribution in [1.29, 1.82) is 5.26 Å². The van der Waals surface area contributed by atoms with Crippen LogP contribution in [0.15, 0.2) is 76.5 Å². The minimum atomic E-state index is -3.99. The average Bonchev–Trinajstić information content (AvgIpc) is 2.77. The summed E-state index contributed by atoms with van der Waals surface area (Å²) in [5, 5.41) is 10.5. The van der Waals surface area contributed by atoms with Crippen LogP contribution in [-0.4, -0.2) is 15.5 Å². The Bertz CT molecular complexity index is 1260. The molecule has 0 saturated heterocycles. The summed E-state index contributed by atoms with van der Waals surface area (Å²) >= 11 is 12.0. The Morgan fingerprint density at radius 2 is 1.74 bits per heavy atom. The van der Waals surface area contributed by atoms with Crippen molar-refractivity contribution in [3.8, 4) is 17.6 Å². The van der Waals surface area contributed by atoms with Crippen LogP contribution in [0.5, 0.6) is 11.5 Å². The predicted molar refractivity (Wildman–Crippen MR) is 121 cm³/mol. The minimum Gasteiger partial charge on any atom is -0.493 e. The van der Waals surface area contributed by atoms with Crippen molar-refractivity contribution in [1.82, 2.24) is 0 Å². The number of ether oxygens (including phenoxy) is 2. The Hall–Kier alpha value is -2.98. The zero-order chi connectivity index (χ0) is 22.4. The van der Waals surface area contributed by atoms with E-state index in [1.807, 2.05) is 18.2 Å². The van der Waals surface area contributed by atoms with Crippen molar-refractivity contribution in [3.63, 3.8) is 0 Å². The molecule has 158 valence electrons. The van der Waals surface area contributed by atoms with Crippen LogP contribution in [0.4, 0.5) is 0 Å². The maximum absolute atomic E-state index is 12.8. The first-order chi connectivity index (χ1) is 14.8. The quantitative estimate of drug-likeness (QED) is 0.398. The van der Waals surface area contributed by atoms with Gasteiger partial charge >= 0.3 is 0 Å². The van der Waals surface area contributed by atoms with Crippen molar-refractivity contribution in [2.75, 3.05) is 7.11 Å². The van der Waals surface area contributed by atoms with E-state index >= 15 is 0 Å². The molecule has 5 nitrogen and oxygen atoms in total. The van der Waals surface area contributed by atoms with Gasteiger partial charge in [-0.2, -0.15) is 5.26 Å². The molecule has 31 heavy (non-hydrogen) atoms. The molecule has 3 rings (SSSR count). The van der Waals surface area contributed by atoms with Crippen molar-refractivity contribution < 1.29 is 17.9 Å². The zero-order valence-corrected chi connectivity index (χ0v) is 18.7. The number of sulfone groups is 1. The SMILES string of the molecule is COc1cc(C=C(C#N)S(=O)(=O)c2ccc(Cl)cc2)ccc1OCc1ccccc1Cl. The molecule has 3 aromatic carbocycles. The second-order valence-corrected chi connectivity index (χ2v) is 9.13. The summed E-state index contributed by atoms with van der Waals surface area (Å²) in [7, 11) is -2.52. The third-order valence-electron chi connectivity index (χ3n) is 4.35. The van der Waals surface area contributed by atoms with Crippen molar-refractivity contribution in [2.24, 2.45) is 0 Å². The van der Waals surface area contributed by atoms with Crippen LogP contribution in [0.25, 0.3) is 6.08 Å². The fraction of sp³-hybridized carbons (Fsp3) is 0.0870. The highest BCUT2D eigenvalue weighted by molar-refractivity contribution is 7.95. The molecular formula is C23H17Cl2NO4S. The van der Waals surface area contributed by atoms with Crippen LogP contribution >= 0.6 is 23.2 Å². The highest BCUT2D eigenvalue weighted by atomic mass is 35.5. The summed E-state index contributed by atoms with van der Waals surface area (Å²) in [5.74, 6) is 0.848. The minimum absolute atomic E-state index is 0.0173. The van der Waals surface area contributed by atoms with Gasteiger partial charge in [-0.1, -0.05) is 47.5 Å². The first-order valence-corrected chi connectivity index (χ1v) is 11.3. The number of hydrogen-bond donors (Lipinski definition) is 0. The van der Waals surface area contributed by atoms with Gasteiger partial charge in [0.15, 0.2) is 11.5 Å². The molecule has 0 atom stereocenters. The van der Waals surface area contributed by atoms with Gasteiger partial charge in [0.25, 0.3) is 0 Å². The molecule has 0 aliphatic rings. The molecule has 3 aromatic rings. The van der Waals surface area contributed by atoms with Crippen molar-refractivity contribution in [3.05, 3.63) is 92.8 Å². The molecule has 0 fully saturated rings.